The normalized spacial score (nSPS) is 10.5. The maximum Gasteiger partial charge on any atom is 0.255 e. The molecule has 158 valence electrons. The second kappa shape index (κ2) is 10.1. The lowest BCUT2D eigenvalue weighted by molar-refractivity contribution is 0.101. The smallest absolute Gasteiger partial charge is 0.255 e. The van der Waals surface area contributed by atoms with Crippen molar-refractivity contribution in [2.45, 2.75) is 11.8 Å². The van der Waals surface area contributed by atoms with Crippen molar-refractivity contribution in [2.24, 2.45) is 0 Å². The van der Waals surface area contributed by atoms with Crippen molar-refractivity contribution in [1.29, 1.82) is 0 Å². The molecule has 0 unspecified atom stereocenters. The van der Waals surface area contributed by atoms with Crippen LogP contribution in [0.25, 0.3) is 11.1 Å². The fourth-order valence-electron chi connectivity index (χ4n) is 3.25. The molecule has 0 saturated carbocycles. The summed E-state index contributed by atoms with van der Waals surface area (Å²) in [7, 11) is 0. The Hall–Kier alpha value is -3.63. The van der Waals surface area contributed by atoms with Gasteiger partial charge < -0.3 is 5.32 Å². The zero-order valence-corrected chi connectivity index (χ0v) is 18.6. The van der Waals surface area contributed by atoms with E-state index in [0.29, 0.717) is 16.9 Å². The maximum absolute atomic E-state index is 12.6. The Morgan fingerprint density at radius 2 is 1.28 bits per heavy atom. The fraction of sp³-hybridized carbons (Fsp3) is 0.0714. The number of Topliss-reactive ketones (excluding diaryl/α,β-unsaturated/α-hetero) is 1. The zero-order chi connectivity index (χ0) is 22.3. The van der Waals surface area contributed by atoms with Crippen molar-refractivity contribution in [3.8, 4) is 11.1 Å². The van der Waals surface area contributed by atoms with E-state index in [0.717, 1.165) is 27.3 Å². The van der Waals surface area contributed by atoms with Crippen LogP contribution in [0, 0.1) is 6.92 Å². The highest BCUT2D eigenvalue weighted by Crippen LogP contribution is 2.23. The number of thioether (sulfide) groups is 1. The Bertz CT molecular complexity index is 1200. The molecule has 0 aliphatic carbocycles. The summed E-state index contributed by atoms with van der Waals surface area (Å²) in [5, 5.41) is 2.90. The van der Waals surface area contributed by atoms with Crippen molar-refractivity contribution in [3.05, 3.63) is 120 Å². The average molecular weight is 438 g/mol. The minimum absolute atomic E-state index is 0.0892. The van der Waals surface area contributed by atoms with E-state index in [2.05, 4.69) is 17.4 Å². The maximum atomic E-state index is 12.6. The quantitative estimate of drug-likeness (QED) is 0.253. The highest BCUT2D eigenvalue weighted by molar-refractivity contribution is 8.00. The fourth-order valence-corrected chi connectivity index (χ4v) is 4.05. The van der Waals surface area contributed by atoms with E-state index in [4.69, 9.17) is 0 Å². The average Bonchev–Trinajstić information content (AvgIpc) is 2.84. The van der Waals surface area contributed by atoms with Crippen LogP contribution in [-0.2, 0) is 0 Å². The number of aryl methyl sites for hydroxylation is 1. The molecule has 0 aliphatic heterocycles. The molecule has 0 fully saturated rings. The SMILES string of the molecule is Cc1ccc(C(=O)Nc2ccc(SCC(=O)c3ccc(-c4ccccc4)cc3)cc2)cc1. The predicted octanol–water partition coefficient (Wildman–Crippen LogP) is 6.89. The van der Waals surface area contributed by atoms with Gasteiger partial charge in [0.05, 0.1) is 5.75 Å². The monoisotopic (exact) mass is 437 g/mol. The number of hydrogen-bond acceptors (Lipinski definition) is 3. The molecule has 0 spiro atoms. The zero-order valence-electron chi connectivity index (χ0n) is 17.7. The first-order chi connectivity index (χ1) is 15.6. The van der Waals surface area contributed by atoms with E-state index in [1.54, 1.807) is 0 Å². The van der Waals surface area contributed by atoms with Gasteiger partial charge in [0, 0.05) is 21.7 Å². The van der Waals surface area contributed by atoms with Crippen LogP contribution in [0.1, 0.15) is 26.3 Å². The van der Waals surface area contributed by atoms with Gasteiger partial charge in [0.2, 0.25) is 0 Å². The van der Waals surface area contributed by atoms with E-state index >= 15 is 0 Å². The predicted molar refractivity (Wildman–Crippen MR) is 133 cm³/mol. The van der Waals surface area contributed by atoms with Gasteiger partial charge in [-0.05, 0) is 54.4 Å². The van der Waals surface area contributed by atoms with Crippen molar-refractivity contribution < 1.29 is 9.59 Å². The van der Waals surface area contributed by atoms with Crippen molar-refractivity contribution in [2.75, 3.05) is 11.1 Å². The number of nitrogens with one attached hydrogen (secondary N) is 1. The van der Waals surface area contributed by atoms with Crippen LogP contribution in [-0.4, -0.2) is 17.4 Å². The Morgan fingerprint density at radius 1 is 0.688 bits per heavy atom. The van der Waals surface area contributed by atoms with E-state index in [1.807, 2.05) is 97.9 Å². The topological polar surface area (TPSA) is 46.2 Å². The first kappa shape index (κ1) is 21.6. The first-order valence-corrected chi connectivity index (χ1v) is 11.4. The first-order valence-electron chi connectivity index (χ1n) is 10.4. The van der Waals surface area contributed by atoms with Crippen LogP contribution in [0.2, 0.25) is 0 Å². The third kappa shape index (κ3) is 5.54. The van der Waals surface area contributed by atoms with Gasteiger partial charge in [-0.2, -0.15) is 0 Å². The van der Waals surface area contributed by atoms with Crippen molar-refractivity contribution in [1.82, 2.24) is 0 Å². The minimum atomic E-state index is -0.139. The highest BCUT2D eigenvalue weighted by Gasteiger charge is 2.09. The molecule has 0 bridgehead atoms. The lowest BCUT2D eigenvalue weighted by Crippen LogP contribution is -2.11. The molecule has 1 N–H and O–H groups in total. The number of amides is 1. The number of carbonyl (C=O) groups excluding carboxylic acids is 2. The molecule has 4 aromatic rings. The van der Waals surface area contributed by atoms with E-state index in [-0.39, 0.29) is 11.7 Å². The van der Waals surface area contributed by atoms with Crippen LogP contribution in [0.15, 0.2) is 108 Å². The summed E-state index contributed by atoms with van der Waals surface area (Å²) < 4.78 is 0. The molecule has 4 rings (SSSR count). The van der Waals surface area contributed by atoms with Gasteiger partial charge in [0.1, 0.15) is 0 Å². The molecule has 0 aliphatic rings. The molecular weight excluding hydrogens is 414 g/mol. The molecular formula is C28H23NO2S. The summed E-state index contributed by atoms with van der Waals surface area (Å²) in [5.74, 6) is 0.311. The van der Waals surface area contributed by atoms with Gasteiger partial charge in [-0.25, -0.2) is 0 Å². The molecule has 4 aromatic carbocycles. The third-order valence-electron chi connectivity index (χ3n) is 5.11. The van der Waals surface area contributed by atoms with Gasteiger partial charge in [-0.15, -0.1) is 11.8 Å². The van der Waals surface area contributed by atoms with Crippen LogP contribution in [0.5, 0.6) is 0 Å². The van der Waals surface area contributed by atoms with Crippen LogP contribution in [0.3, 0.4) is 0 Å². The largest absolute Gasteiger partial charge is 0.322 e. The minimum Gasteiger partial charge on any atom is -0.322 e. The van der Waals surface area contributed by atoms with E-state index in [1.165, 1.54) is 11.8 Å². The summed E-state index contributed by atoms with van der Waals surface area (Å²) in [4.78, 5) is 25.9. The molecule has 0 aromatic heterocycles. The van der Waals surface area contributed by atoms with E-state index < -0.39 is 0 Å². The van der Waals surface area contributed by atoms with Crippen molar-refractivity contribution >= 4 is 29.1 Å². The lowest BCUT2D eigenvalue weighted by atomic mass is 10.0. The number of rotatable bonds is 7. The Morgan fingerprint density at radius 3 is 1.94 bits per heavy atom. The molecule has 0 radical (unpaired) electrons. The number of anilines is 1. The van der Waals surface area contributed by atoms with Crippen molar-refractivity contribution in [3.63, 3.8) is 0 Å². The Balaban J connectivity index is 1.31. The summed E-state index contributed by atoms with van der Waals surface area (Å²) in [5.41, 5.74) is 5.40. The summed E-state index contributed by atoms with van der Waals surface area (Å²) in [6.07, 6.45) is 0. The summed E-state index contributed by atoms with van der Waals surface area (Å²) in [6.45, 7) is 1.99. The number of benzene rings is 4. The number of hydrogen-bond donors (Lipinski definition) is 1. The molecule has 0 heterocycles. The Kier molecular flexibility index (Phi) is 6.83. The number of carbonyl (C=O) groups is 2. The highest BCUT2D eigenvalue weighted by atomic mass is 32.2. The van der Waals surface area contributed by atoms with Gasteiger partial charge in [0.15, 0.2) is 5.78 Å². The lowest BCUT2D eigenvalue weighted by Gasteiger charge is -2.07. The van der Waals surface area contributed by atoms with Crippen LogP contribution >= 0.6 is 11.8 Å². The van der Waals surface area contributed by atoms with Gasteiger partial charge in [0.25, 0.3) is 5.91 Å². The standard InChI is InChI=1S/C28H23NO2S/c1-20-7-9-24(10-8-20)28(31)29-25-15-17-26(18-16-25)32-19-27(30)23-13-11-22(12-14-23)21-5-3-2-4-6-21/h2-18H,19H2,1H3,(H,29,31). The molecule has 32 heavy (non-hydrogen) atoms. The van der Waals surface area contributed by atoms with Crippen LogP contribution in [0.4, 0.5) is 5.69 Å². The van der Waals surface area contributed by atoms with Gasteiger partial charge in [-0.3, -0.25) is 9.59 Å². The molecule has 3 nitrogen and oxygen atoms in total. The van der Waals surface area contributed by atoms with E-state index in [9.17, 15) is 9.59 Å². The third-order valence-corrected chi connectivity index (χ3v) is 6.12. The second-order valence-electron chi connectivity index (χ2n) is 7.50. The van der Waals surface area contributed by atoms with Gasteiger partial charge in [-0.1, -0.05) is 72.3 Å². The second-order valence-corrected chi connectivity index (χ2v) is 8.55. The molecule has 4 heteroatoms. The Labute approximate surface area is 192 Å². The number of ketones is 1. The van der Waals surface area contributed by atoms with Gasteiger partial charge >= 0.3 is 0 Å². The van der Waals surface area contributed by atoms with Crippen LogP contribution < -0.4 is 5.32 Å². The molecule has 0 atom stereocenters. The summed E-state index contributed by atoms with van der Waals surface area (Å²) >= 11 is 1.49. The molecule has 1 amide bonds. The summed E-state index contributed by atoms with van der Waals surface area (Å²) in [6, 6.07) is 32.9. The molecule has 0 saturated heterocycles.